The van der Waals surface area contributed by atoms with E-state index in [1.807, 2.05) is 6.92 Å². The monoisotopic (exact) mass is 341 g/mol. The van der Waals surface area contributed by atoms with E-state index < -0.39 is 9.84 Å². The van der Waals surface area contributed by atoms with Gasteiger partial charge in [0.2, 0.25) is 5.91 Å². The van der Waals surface area contributed by atoms with Crippen molar-refractivity contribution in [2.45, 2.75) is 24.8 Å². The van der Waals surface area contributed by atoms with Crippen LogP contribution < -0.4 is 10.6 Å². The van der Waals surface area contributed by atoms with Gasteiger partial charge < -0.3 is 15.5 Å². The smallest absolute Gasteiger partial charge is 0.317 e. The second-order valence-corrected chi connectivity index (χ2v) is 7.36. The van der Waals surface area contributed by atoms with E-state index in [0.29, 0.717) is 13.1 Å². The maximum atomic E-state index is 12.0. The Kier molecular flexibility index (Phi) is 6.56. The molecular formula is C15H23N3O4S. The van der Waals surface area contributed by atoms with Crippen molar-refractivity contribution >= 4 is 21.8 Å². The number of amides is 3. The molecular weight excluding hydrogens is 318 g/mol. The Morgan fingerprint density at radius 1 is 1.13 bits per heavy atom. The zero-order chi connectivity index (χ0) is 17.6. The Bertz CT molecular complexity index is 656. The molecule has 0 bridgehead atoms. The molecule has 2 N–H and O–H groups in total. The fourth-order valence-electron chi connectivity index (χ4n) is 1.93. The van der Waals surface area contributed by atoms with E-state index >= 15 is 0 Å². The Hall–Kier alpha value is -2.09. The van der Waals surface area contributed by atoms with E-state index in [9.17, 15) is 18.0 Å². The van der Waals surface area contributed by atoms with E-state index in [1.54, 1.807) is 19.2 Å². The summed E-state index contributed by atoms with van der Waals surface area (Å²) in [4.78, 5) is 24.5. The largest absolute Gasteiger partial charge is 0.355 e. The zero-order valence-corrected chi connectivity index (χ0v) is 14.6. The van der Waals surface area contributed by atoms with E-state index in [1.165, 1.54) is 24.0 Å². The van der Waals surface area contributed by atoms with Crippen molar-refractivity contribution < 1.29 is 18.0 Å². The van der Waals surface area contributed by atoms with Crippen LogP contribution in [0.25, 0.3) is 0 Å². The summed E-state index contributed by atoms with van der Waals surface area (Å²) in [6.45, 7) is 3.97. The molecule has 0 heterocycles. The van der Waals surface area contributed by atoms with Gasteiger partial charge in [-0.1, -0.05) is 12.1 Å². The predicted molar refractivity (Wildman–Crippen MR) is 87.8 cm³/mol. The number of urea groups is 1. The topological polar surface area (TPSA) is 95.6 Å². The predicted octanol–water partition coefficient (Wildman–Crippen LogP) is 0.929. The first kappa shape index (κ1) is 19.0. The SMILES string of the molecule is CC(=O)NCCNC(=O)N(C)C(C)c1ccc(S(C)(=O)=O)cc1. The van der Waals surface area contributed by atoms with Gasteiger partial charge in [-0.2, -0.15) is 0 Å². The number of hydrogen-bond donors (Lipinski definition) is 2. The summed E-state index contributed by atoms with van der Waals surface area (Å²) < 4.78 is 22.9. The lowest BCUT2D eigenvalue weighted by atomic mass is 10.1. The molecule has 7 nitrogen and oxygen atoms in total. The molecule has 128 valence electrons. The number of hydrogen-bond acceptors (Lipinski definition) is 4. The minimum Gasteiger partial charge on any atom is -0.355 e. The molecule has 1 atom stereocenters. The van der Waals surface area contributed by atoms with Gasteiger partial charge in [-0.25, -0.2) is 13.2 Å². The van der Waals surface area contributed by atoms with Gasteiger partial charge in [-0.3, -0.25) is 4.79 Å². The number of nitrogens with zero attached hydrogens (tertiary/aromatic N) is 1. The van der Waals surface area contributed by atoms with Gasteiger partial charge in [0.05, 0.1) is 10.9 Å². The highest BCUT2D eigenvalue weighted by Crippen LogP contribution is 2.20. The van der Waals surface area contributed by atoms with Crippen molar-refractivity contribution in [2.24, 2.45) is 0 Å². The molecule has 0 saturated heterocycles. The van der Waals surface area contributed by atoms with Crippen LogP contribution in [0, 0.1) is 0 Å². The molecule has 1 aromatic carbocycles. The Balaban J connectivity index is 2.63. The molecule has 1 unspecified atom stereocenters. The summed E-state index contributed by atoms with van der Waals surface area (Å²) >= 11 is 0. The maximum Gasteiger partial charge on any atom is 0.317 e. The summed E-state index contributed by atoms with van der Waals surface area (Å²) in [5.74, 6) is -0.146. The summed E-state index contributed by atoms with van der Waals surface area (Å²) in [7, 11) is -1.58. The van der Waals surface area contributed by atoms with E-state index in [2.05, 4.69) is 10.6 Å². The lowest BCUT2D eigenvalue weighted by Gasteiger charge is -2.25. The zero-order valence-electron chi connectivity index (χ0n) is 13.8. The second-order valence-electron chi connectivity index (χ2n) is 5.34. The normalized spacial score (nSPS) is 12.3. The van der Waals surface area contributed by atoms with Crippen LogP contribution >= 0.6 is 0 Å². The molecule has 0 aliphatic rings. The van der Waals surface area contributed by atoms with Crippen LogP contribution in [0.4, 0.5) is 4.79 Å². The molecule has 3 amide bonds. The van der Waals surface area contributed by atoms with Gasteiger partial charge in [0, 0.05) is 33.3 Å². The van der Waals surface area contributed by atoms with Crippen molar-refractivity contribution in [3.05, 3.63) is 29.8 Å². The molecule has 0 spiro atoms. The van der Waals surface area contributed by atoms with Gasteiger partial charge in [0.15, 0.2) is 9.84 Å². The van der Waals surface area contributed by atoms with Crippen molar-refractivity contribution in [1.82, 2.24) is 15.5 Å². The maximum absolute atomic E-state index is 12.0. The van der Waals surface area contributed by atoms with Crippen LogP contribution in [0.3, 0.4) is 0 Å². The fraction of sp³-hybridized carbons (Fsp3) is 0.467. The Labute approximate surface area is 137 Å². The van der Waals surface area contributed by atoms with E-state index in [0.717, 1.165) is 11.8 Å². The van der Waals surface area contributed by atoms with Gasteiger partial charge in [0.25, 0.3) is 0 Å². The number of sulfone groups is 1. The summed E-state index contributed by atoms with van der Waals surface area (Å²) in [6, 6.07) is 5.97. The van der Waals surface area contributed by atoms with Crippen LogP contribution in [0.5, 0.6) is 0 Å². The molecule has 0 aromatic heterocycles. The van der Waals surface area contributed by atoms with Crippen LogP contribution in [0.15, 0.2) is 29.2 Å². The van der Waals surface area contributed by atoms with Crippen molar-refractivity contribution in [1.29, 1.82) is 0 Å². The molecule has 1 rings (SSSR count). The summed E-state index contributed by atoms with van der Waals surface area (Å²) in [5, 5.41) is 5.29. The van der Waals surface area contributed by atoms with Crippen LogP contribution in [-0.2, 0) is 14.6 Å². The van der Waals surface area contributed by atoms with Crippen LogP contribution in [-0.4, -0.2) is 51.6 Å². The Morgan fingerprint density at radius 2 is 1.65 bits per heavy atom. The van der Waals surface area contributed by atoms with Crippen molar-refractivity contribution in [3.63, 3.8) is 0 Å². The molecule has 0 aliphatic heterocycles. The fourth-order valence-corrected chi connectivity index (χ4v) is 2.56. The third-order valence-electron chi connectivity index (χ3n) is 3.47. The first-order chi connectivity index (χ1) is 10.6. The van der Waals surface area contributed by atoms with Gasteiger partial charge in [-0.15, -0.1) is 0 Å². The van der Waals surface area contributed by atoms with Crippen LogP contribution in [0.2, 0.25) is 0 Å². The van der Waals surface area contributed by atoms with Crippen LogP contribution in [0.1, 0.15) is 25.5 Å². The minimum atomic E-state index is -3.23. The molecule has 0 aliphatic carbocycles. The highest BCUT2D eigenvalue weighted by molar-refractivity contribution is 7.90. The average Bonchev–Trinajstić information content (AvgIpc) is 2.49. The van der Waals surface area contributed by atoms with Gasteiger partial charge in [0.1, 0.15) is 0 Å². The lowest BCUT2D eigenvalue weighted by Crippen LogP contribution is -2.42. The highest BCUT2D eigenvalue weighted by atomic mass is 32.2. The number of rotatable bonds is 6. The van der Waals surface area contributed by atoms with Gasteiger partial charge in [-0.05, 0) is 24.6 Å². The molecule has 1 aromatic rings. The standard InChI is InChI=1S/C15H23N3O4S/c1-11(13-5-7-14(8-6-13)23(4,21)22)18(3)15(20)17-10-9-16-12(2)19/h5-8,11H,9-10H2,1-4H3,(H,16,19)(H,17,20). The molecule has 8 heteroatoms. The Morgan fingerprint density at radius 3 is 2.13 bits per heavy atom. The molecule has 0 fully saturated rings. The van der Waals surface area contributed by atoms with Gasteiger partial charge >= 0.3 is 6.03 Å². The number of carbonyl (C=O) groups is 2. The third kappa shape index (κ3) is 5.90. The second kappa shape index (κ2) is 7.96. The van der Waals surface area contributed by atoms with Crippen molar-refractivity contribution in [3.8, 4) is 0 Å². The summed E-state index contributed by atoms with van der Waals surface area (Å²) in [6.07, 6.45) is 1.15. The first-order valence-electron chi connectivity index (χ1n) is 7.18. The number of nitrogens with one attached hydrogen (secondary N) is 2. The average molecular weight is 341 g/mol. The summed E-state index contributed by atoms with van der Waals surface area (Å²) in [5.41, 5.74) is 0.830. The highest BCUT2D eigenvalue weighted by Gasteiger charge is 2.17. The quantitative estimate of drug-likeness (QED) is 0.752. The van der Waals surface area contributed by atoms with E-state index in [-0.39, 0.29) is 22.9 Å². The number of benzene rings is 1. The molecule has 0 radical (unpaired) electrons. The molecule has 23 heavy (non-hydrogen) atoms. The number of carbonyl (C=O) groups excluding carboxylic acids is 2. The van der Waals surface area contributed by atoms with Crippen molar-refractivity contribution in [2.75, 3.05) is 26.4 Å². The molecule has 0 saturated carbocycles. The van der Waals surface area contributed by atoms with E-state index in [4.69, 9.17) is 0 Å². The third-order valence-corrected chi connectivity index (χ3v) is 4.60. The minimum absolute atomic E-state index is 0.146. The first-order valence-corrected chi connectivity index (χ1v) is 9.07. The lowest BCUT2D eigenvalue weighted by molar-refractivity contribution is -0.118.